The first kappa shape index (κ1) is 29.9. The molecule has 7 N–H and O–H groups in total. The number of phenolic OH excluding ortho intramolecular Hbond substituents is 2. The van der Waals surface area contributed by atoms with Crippen molar-refractivity contribution < 1.29 is 67.2 Å². The highest BCUT2D eigenvalue weighted by Crippen LogP contribution is 2.52. The predicted octanol–water partition coefficient (Wildman–Crippen LogP) is -2.29. The third kappa shape index (κ3) is 4.47. The summed E-state index contributed by atoms with van der Waals surface area (Å²) in [5.41, 5.74) is 1.02. The van der Waals surface area contributed by atoms with Crippen LogP contribution in [0.25, 0.3) is 0 Å². The van der Waals surface area contributed by atoms with Crippen molar-refractivity contribution in [2.45, 2.75) is 75.8 Å². The van der Waals surface area contributed by atoms with Gasteiger partial charge < -0.3 is 52.8 Å². The van der Waals surface area contributed by atoms with Gasteiger partial charge in [-0.25, -0.2) is 0 Å². The fourth-order valence-corrected chi connectivity index (χ4v) is 5.99. The van der Waals surface area contributed by atoms with Crippen molar-refractivity contribution in [3.63, 3.8) is 0 Å². The monoisotopic (exact) mass is 577 g/mol. The third-order valence-corrected chi connectivity index (χ3v) is 8.06. The first-order chi connectivity index (χ1) is 18.4. The number of phenols is 2. The number of ether oxygens (including phenoxy) is 3. The van der Waals surface area contributed by atoms with E-state index in [4.69, 9.17) is 14.2 Å². The van der Waals surface area contributed by atoms with Gasteiger partial charge in [0.1, 0.15) is 35.0 Å². The van der Waals surface area contributed by atoms with Crippen molar-refractivity contribution >= 4 is 17.3 Å². The second-order valence-corrected chi connectivity index (χ2v) is 10.5. The number of fused-ring (bicyclic) bond motifs is 3. The van der Waals surface area contributed by atoms with E-state index in [1.165, 1.54) is 25.3 Å². The number of carbonyl (C=O) groups is 3. The van der Waals surface area contributed by atoms with Crippen LogP contribution in [0.3, 0.4) is 0 Å². The minimum absolute atomic E-state index is 0. The molecule has 2 aliphatic carbocycles. The number of rotatable bonds is 5. The number of benzene rings is 2. The summed E-state index contributed by atoms with van der Waals surface area (Å²) in [5, 5.41) is 44.6. The largest absolute Gasteiger partial charge is 1.00 e. The number of hydrogen-bond donors (Lipinski definition) is 5. The lowest BCUT2D eigenvalue weighted by atomic mass is 9.71. The van der Waals surface area contributed by atoms with Gasteiger partial charge in [-0.1, -0.05) is 19.1 Å². The van der Waals surface area contributed by atoms with Crippen LogP contribution < -0.4 is 22.9 Å². The van der Waals surface area contributed by atoms with Gasteiger partial charge in [0.15, 0.2) is 17.9 Å². The Kier molecular flexibility index (Phi) is 8.03. The Morgan fingerprint density at radius 3 is 2.45 bits per heavy atom. The quantitative estimate of drug-likeness (QED) is 0.206. The molecule has 0 bridgehead atoms. The summed E-state index contributed by atoms with van der Waals surface area (Å²) in [6.45, 7) is 3.24. The van der Waals surface area contributed by atoms with Crippen molar-refractivity contribution in [3.8, 4) is 17.2 Å². The van der Waals surface area contributed by atoms with E-state index < -0.39 is 82.6 Å². The van der Waals surface area contributed by atoms with Crippen LogP contribution in [0, 0.1) is 0 Å². The average Bonchev–Trinajstić information content (AvgIpc) is 2.90. The fraction of sp³-hybridized carbons (Fsp3) is 0.464. The molecule has 1 fully saturated rings. The smallest absolute Gasteiger partial charge is 0.202 e. The summed E-state index contributed by atoms with van der Waals surface area (Å²) in [6, 6.07) is 4.03. The maximum Gasteiger partial charge on any atom is 0.202 e. The number of ketones is 3. The minimum Gasteiger partial charge on any atom is -1.00 e. The molecule has 3 aliphatic rings. The van der Waals surface area contributed by atoms with Gasteiger partial charge in [-0.3, -0.25) is 14.4 Å². The number of hydrogen-bond acceptors (Lipinski definition) is 10. The molecule has 6 atom stereocenters. The van der Waals surface area contributed by atoms with Crippen molar-refractivity contribution in [1.82, 2.24) is 0 Å². The van der Waals surface area contributed by atoms with Crippen LogP contribution in [-0.4, -0.2) is 75.0 Å². The summed E-state index contributed by atoms with van der Waals surface area (Å²) in [7, 11) is 1.35. The Hall–Kier alpha value is -3.06. The van der Waals surface area contributed by atoms with Crippen molar-refractivity contribution in [3.05, 3.63) is 51.6 Å². The summed E-state index contributed by atoms with van der Waals surface area (Å²) < 4.78 is 17.2. The van der Waals surface area contributed by atoms with Crippen LogP contribution in [0.2, 0.25) is 0 Å². The second-order valence-electron chi connectivity index (χ2n) is 10.5. The highest BCUT2D eigenvalue weighted by Gasteiger charge is 2.50. The van der Waals surface area contributed by atoms with E-state index in [-0.39, 0.29) is 59.7 Å². The van der Waals surface area contributed by atoms with Gasteiger partial charge in [0, 0.05) is 36.0 Å². The van der Waals surface area contributed by atoms with Gasteiger partial charge in [-0.2, -0.15) is 0 Å². The lowest BCUT2D eigenvalue weighted by molar-refractivity contribution is -0.466. The van der Waals surface area contributed by atoms with E-state index in [1.54, 1.807) is 13.8 Å². The number of halogens is 1. The van der Waals surface area contributed by atoms with Crippen LogP contribution in [0.15, 0.2) is 18.2 Å². The Morgan fingerprint density at radius 1 is 1.15 bits per heavy atom. The van der Waals surface area contributed by atoms with E-state index in [9.17, 15) is 34.8 Å². The highest BCUT2D eigenvalue weighted by atomic mass is 35.5. The summed E-state index contributed by atoms with van der Waals surface area (Å²) in [5.74, 6) is -3.00. The van der Waals surface area contributed by atoms with Gasteiger partial charge in [-0.05, 0) is 13.0 Å². The molecular formula is C28H32ClNO10. The number of methoxy groups -OCH3 is 1. The number of aromatic hydroxyl groups is 2. The van der Waals surface area contributed by atoms with Crippen molar-refractivity contribution in [1.29, 1.82) is 0 Å². The highest BCUT2D eigenvalue weighted by molar-refractivity contribution is 6.31. The van der Waals surface area contributed by atoms with Gasteiger partial charge >= 0.3 is 0 Å². The molecule has 2 aromatic rings. The number of aliphatic hydroxyl groups excluding tert-OH is 1. The second kappa shape index (κ2) is 10.7. The van der Waals surface area contributed by atoms with E-state index in [0.29, 0.717) is 0 Å². The Bertz CT molecular complexity index is 1380. The summed E-state index contributed by atoms with van der Waals surface area (Å²) in [6.07, 6.45) is -4.11. The molecule has 4 unspecified atom stereocenters. The zero-order valence-corrected chi connectivity index (χ0v) is 23.0. The molecule has 40 heavy (non-hydrogen) atoms. The van der Waals surface area contributed by atoms with Gasteiger partial charge in [0.2, 0.25) is 5.78 Å². The first-order valence-corrected chi connectivity index (χ1v) is 12.9. The molecule has 0 aromatic heterocycles. The molecule has 12 heteroatoms. The molecule has 1 aliphatic heterocycles. The first-order valence-electron chi connectivity index (χ1n) is 12.9. The number of aliphatic hydroxyl groups is 2. The van der Waals surface area contributed by atoms with Gasteiger partial charge in [-0.15, -0.1) is 0 Å². The lowest BCUT2D eigenvalue weighted by Gasteiger charge is -2.41. The van der Waals surface area contributed by atoms with E-state index in [2.05, 4.69) is 5.73 Å². The Balaban J connectivity index is 0.00000370. The van der Waals surface area contributed by atoms with E-state index in [0.717, 1.165) is 0 Å². The van der Waals surface area contributed by atoms with Crippen molar-refractivity contribution in [2.24, 2.45) is 0 Å². The Labute approximate surface area is 236 Å². The molecule has 0 spiro atoms. The number of quaternary nitrogens is 1. The van der Waals surface area contributed by atoms with E-state index in [1.807, 2.05) is 0 Å². The zero-order valence-electron chi connectivity index (χ0n) is 22.3. The minimum atomic E-state index is -1.98. The van der Waals surface area contributed by atoms with Gasteiger partial charge in [0.25, 0.3) is 0 Å². The number of carbonyl (C=O) groups excluding carboxylic acids is 3. The SMILES string of the molecule is CCC(=O)[C@]1(O)Cc2c(O)c3c(c(O)c2[C@@H](OC2CC([NH3+])C(O)C(C)O2)C1)C(=O)c1c(OC)cccc1C3=O.[Cl-]. The van der Waals surface area contributed by atoms with Crippen LogP contribution in [-0.2, 0) is 20.7 Å². The van der Waals surface area contributed by atoms with Crippen LogP contribution in [0.4, 0.5) is 0 Å². The summed E-state index contributed by atoms with van der Waals surface area (Å²) in [4.78, 5) is 40.1. The normalized spacial score (nSPS) is 29.1. The zero-order chi connectivity index (χ0) is 28.4. The average molecular weight is 578 g/mol. The standard InChI is InChI=1S/C28H31NO10.ClH/c1-4-17(30)28(36)9-13-20(16(10-28)39-18-8-14(29)23(31)11(2)38-18)27(35)22-21(25(13)33)24(32)12-6-5-7-15(37-3)19(12)26(22)34;/h5-7,11,14,16,18,23,31,33,35-36H,4,8-10,29H2,1-3H3;1H/t11?,14?,16-,18?,23?,28-;/m0./s1. The summed E-state index contributed by atoms with van der Waals surface area (Å²) >= 11 is 0. The van der Waals surface area contributed by atoms with Crippen molar-refractivity contribution in [2.75, 3.05) is 7.11 Å². The molecular weight excluding hydrogens is 546 g/mol. The fourth-order valence-electron chi connectivity index (χ4n) is 5.99. The molecule has 0 saturated carbocycles. The maximum atomic E-state index is 13.7. The maximum absolute atomic E-state index is 13.7. The van der Waals surface area contributed by atoms with Crippen LogP contribution in [0.5, 0.6) is 17.2 Å². The Morgan fingerprint density at radius 2 is 1.82 bits per heavy atom. The molecule has 5 rings (SSSR count). The third-order valence-electron chi connectivity index (χ3n) is 8.06. The predicted molar refractivity (Wildman–Crippen MR) is 134 cm³/mol. The topological polar surface area (TPSA) is 187 Å². The number of Topliss-reactive ketones (excluding diaryl/α,β-unsaturated/α-hetero) is 1. The molecule has 0 radical (unpaired) electrons. The molecule has 2 aromatic carbocycles. The molecule has 0 amide bonds. The van der Waals surface area contributed by atoms with Gasteiger partial charge in [0.05, 0.1) is 42.4 Å². The van der Waals surface area contributed by atoms with Crippen LogP contribution in [0.1, 0.15) is 82.2 Å². The van der Waals surface area contributed by atoms with Crippen LogP contribution >= 0.6 is 0 Å². The van der Waals surface area contributed by atoms with E-state index >= 15 is 0 Å². The molecule has 1 heterocycles. The molecule has 216 valence electrons. The molecule has 11 nitrogen and oxygen atoms in total. The lowest BCUT2D eigenvalue weighted by Crippen LogP contribution is -3.00. The molecule has 1 saturated heterocycles.